The van der Waals surface area contributed by atoms with Gasteiger partial charge in [0, 0.05) is 6.92 Å². The van der Waals surface area contributed by atoms with Crippen molar-refractivity contribution in [2.75, 3.05) is 13.1 Å². The van der Waals surface area contributed by atoms with Gasteiger partial charge in [-0.1, -0.05) is 0 Å². The van der Waals surface area contributed by atoms with E-state index < -0.39 is 0 Å². The lowest BCUT2D eigenvalue weighted by Gasteiger charge is -1.99. The molecule has 3 nitrogen and oxygen atoms in total. The maximum atomic E-state index is 10.2. The van der Waals surface area contributed by atoms with Gasteiger partial charge in [0.15, 0.2) is 0 Å². The van der Waals surface area contributed by atoms with Crippen LogP contribution in [0.15, 0.2) is 0 Å². The summed E-state index contributed by atoms with van der Waals surface area (Å²) in [6.07, 6.45) is 0. The van der Waals surface area contributed by atoms with E-state index in [2.05, 4.69) is 12.4 Å². The molecule has 0 heterocycles. The Kier molecular flexibility index (Phi) is 4.26. The minimum absolute atomic E-state index is 0.0202. The fourth-order valence-corrected chi connectivity index (χ4v) is 0.350. The number of hydrogen-bond acceptors (Lipinski definition) is 1. The minimum Gasteiger partial charge on any atom is -0.477 e. The Bertz CT molecular complexity index is 72.8. The highest BCUT2D eigenvalue weighted by molar-refractivity contribution is 5.72. The Morgan fingerprint density at radius 2 is 2.50 bits per heavy atom. The Hall–Kier alpha value is -0.570. The lowest BCUT2D eigenvalue weighted by Crippen LogP contribution is -2.78. The van der Waals surface area contributed by atoms with E-state index in [1.54, 1.807) is 5.32 Å². The van der Waals surface area contributed by atoms with Crippen LogP contribution in [0.1, 0.15) is 6.92 Å². The molecule has 3 N–H and O–H groups in total. The maximum Gasteiger partial charge on any atom is 0.217 e. The fourth-order valence-electron chi connectivity index (χ4n) is 0.350. The van der Waals surface area contributed by atoms with Gasteiger partial charge < -0.3 is 10.6 Å². The quantitative estimate of drug-likeness (QED) is 0.341. The van der Waals surface area contributed by atoms with Crippen molar-refractivity contribution in [1.82, 2.24) is 5.32 Å². The van der Waals surface area contributed by atoms with Gasteiger partial charge in [0.25, 0.3) is 0 Å². The highest BCUT2D eigenvalue weighted by Gasteiger charge is 1.85. The first-order valence-electron chi connectivity index (χ1n) is 2.62. The second-order valence-electron chi connectivity index (χ2n) is 1.56. The van der Waals surface area contributed by atoms with Crippen LogP contribution in [0.25, 0.3) is 0 Å². The van der Waals surface area contributed by atoms with Crippen LogP contribution in [0.4, 0.5) is 0 Å². The van der Waals surface area contributed by atoms with Gasteiger partial charge in [0.2, 0.25) is 5.91 Å². The van der Waals surface area contributed by atoms with Crippen molar-refractivity contribution in [2.45, 2.75) is 6.92 Å². The van der Waals surface area contributed by atoms with Crippen LogP contribution in [0.3, 0.4) is 0 Å². The molecule has 0 atom stereocenters. The number of quaternary nitrogens is 1. The normalized spacial score (nSPS) is 8.75. The molecule has 0 rings (SSSR count). The van der Waals surface area contributed by atoms with Crippen molar-refractivity contribution < 1.29 is 10.1 Å². The Morgan fingerprint density at radius 1 is 1.88 bits per heavy atom. The van der Waals surface area contributed by atoms with Crippen molar-refractivity contribution in [3.8, 4) is 0 Å². The average molecular weight is 116 g/mol. The van der Waals surface area contributed by atoms with E-state index in [9.17, 15) is 4.79 Å². The zero-order valence-electron chi connectivity index (χ0n) is 5.11. The first-order chi connectivity index (χ1) is 3.77. The third-order valence-corrected chi connectivity index (χ3v) is 0.722. The van der Waals surface area contributed by atoms with E-state index in [-0.39, 0.29) is 5.91 Å². The highest BCUT2D eigenvalue weighted by atomic mass is 16.1. The summed E-state index contributed by atoms with van der Waals surface area (Å²) in [5, 5.41) is 4.41. The first-order valence-corrected chi connectivity index (χ1v) is 2.62. The third kappa shape index (κ3) is 5.43. The number of carbonyl (C=O) groups excluding carboxylic acids is 1. The maximum absolute atomic E-state index is 10.2. The molecule has 0 aliphatic heterocycles. The predicted octanol–water partition coefficient (Wildman–Crippen LogP) is -1.52. The lowest BCUT2D eigenvalue weighted by molar-refractivity contribution is -0.593. The van der Waals surface area contributed by atoms with Crippen molar-refractivity contribution in [3.63, 3.8) is 0 Å². The monoisotopic (exact) mass is 116 g/mol. The summed E-state index contributed by atoms with van der Waals surface area (Å²) in [6, 6.07) is 0. The predicted molar refractivity (Wildman–Crippen MR) is 30.8 cm³/mol. The number of carbonyl (C=O) groups is 1. The van der Waals surface area contributed by atoms with Crippen LogP contribution in [0.5, 0.6) is 0 Å². The summed E-state index contributed by atoms with van der Waals surface area (Å²) in [5.41, 5.74) is 0. The van der Waals surface area contributed by atoms with E-state index in [1.807, 2.05) is 0 Å². The molecule has 0 aromatic rings. The molecule has 0 bridgehead atoms. The summed E-state index contributed by atoms with van der Waals surface area (Å²) in [7, 11) is 3.51. The zero-order valence-corrected chi connectivity index (χ0v) is 5.11. The summed E-state index contributed by atoms with van der Waals surface area (Å²) in [4.78, 5) is 10.2. The molecule has 0 spiro atoms. The largest absolute Gasteiger partial charge is 0.477 e. The van der Waals surface area contributed by atoms with E-state index >= 15 is 0 Å². The first kappa shape index (κ1) is 7.43. The van der Waals surface area contributed by atoms with Crippen LogP contribution in [-0.4, -0.2) is 19.0 Å². The van der Waals surface area contributed by atoms with E-state index in [0.717, 1.165) is 6.54 Å². The number of amides is 1. The van der Waals surface area contributed by atoms with Crippen LogP contribution < -0.4 is 10.6 Å². The molecular formula is C5H12N2O. The number of nitrogens with one attached hydrogen (secondary N) is 1. The number of rotatable bonds is 3. The molecule has 0 saturated carbocycles. The van der Waals surface area contributed by atoms with Gasteiger partial charge in [-0.25, -0.2) is 0 Å². The highest BCUT2D eigenvalue weighted by Crippen LogP contribution is 1.54. The van der Waals surface area contributed by atoms with Gasteiger partial charge in [0.1, 0.15) is 0 Å². The average Bonchev–Trinajstić information content (AvgIpc) is 1.66. The molecule has 0 aromatic heterocycles. The summed E-state index contributed by atoms with van der Waals surface area (Å²) in [6.45, 7) is 3.06. The second-order valence-corrected chi connectivity index (χ2v) is 1.56. The van der Waals surface area contributed by atoms with E-state index in [4.69, 9.17) is 0 Å². The molecule has 0 fully saturated rings. The molecule has 3 heteroatoms. The molecule has 0 aliphatic rings. The molecule has 0 unspecified atom stereocenters. The molecule has 0 aromatic carbocycles. The van der Waals surface area contributed by atoms with Crippen LogP contribution in [0, 0.1) is 7.05 Å². The van der Waals surface area contributed by atoms with Gasteiger partial charge in [0.05, 0.1) is 13.1 Å². The molecular weight excluding hydrogens is 104 g/mol. The van der Waals surface area contributed by atoms with Gasteiger partial charge >= 0.3 is 0 Å². The van der Waals surface area contributed by atoms with Crippen molar-refractivity contribution in [3.05, 3.63) is 7.05 Å². The van der Waals surface area contributed by atoms with Gasteiger partial charge in [-0.2, -0.15) is 7.05 Å². The summed E-state index contributed by atoms with van der Waals surface area (Å²) >= 11 is 0. The van der Waals surface area contributed by atoms with Gasteiger partial charge in [-0.15, -0.1) is 0 Å². The molecule has 48 valence electrons. The summed E-state index contributed by atoms with van der Waals surface area (Å²) in [5.74, 6) is 0.0202. The number of nitrogens with two attached hydrogens (primary N) is 1. The second kappa shape index (κ2) is 4.59. The van der Waals surface area contributed by atoms with Crippen molar-refractivity contribution >= 4 is 5.91 Å². The Morgan fingerprint density at radius 3 is 2.88 bits per heavy atom. The molecule has 0 aliphatic carbocycles. The lowest BCUT2D eigenvalue weighted by atomic mass is 10.6. The van der Waals surface area contributed by atoms with Crippen molar-refractivity contribution in [1.29, 1.82) is 0 Å². The van der Waals surface area contributed by atoms with Crippen molar-refractivity contribution in [2.24, 2.45) is 0 Å². The van der Waals surface area contributed by atoms with Gasteiger partial charge in [-0.3, -0.25) is 4.79 Å². The minimum atomic E-state index is 0.0202. The van der Waals surface area contributed by atoms with E-state index in [0.29, 0.717) is 6.54 Å². The standard InChI is InChI=1S/C5H12N2O/c1-5(8)7-4-3-6-2/h2-4,6H2,1H3,(H,7,8). The molecule has 8 heavy (non-hydrogen) atoms. The molecule has 0 saturated heterocycles. The van der Waals surface area contributed by atoms with Crippen LogP contribution in [-0.2, 0) is 4.79 Å². The Labute approximate surface area is 49.5 Å². The third-order valence-electron chi connectivity index (χ3n) is 0.722. The topological polar surface area (TPSA) is 45.7 Å². The fraction of sp³-hybridized carbons (Fsp3) is 0.600. The number of hydrogen-bond donors (Lipinski definition) is 2. The summed E-state index contributed by atoms with van der Waals surface area (Å²) < 4.78 is 0. The SMILES string of the molecule is [CH2-][NH2+]CCNC(C)=O. The smallest absolute Gasteiger partial charge is 0.217 e. The van der Waals surface area contributed by atoms with Crippen LogP contribution >= 0.6 is 0 Å². The zero-order chi connectivity index (χ0) is 6.41. The van der Waals surface area contributed by atoms with E-state index in [1.165, 1.54) is 6.92 Å². The molecule has 1 amide bonds. The molecule has 0 radical (unpaired) electrons. The van der Waals surface area contributed by atoms with Crippen LogP contribution in [0.2, 0.25) is 0 Å². The Balaban J connectivity index is 2.82. The van der Waals surface area contributed by atoms with Gasteiger partial charge in [-0.05, 0) is 0 Å².